The highest BCUT2D eigenvalue weighted by Crippen LogP contribution is 2.13. The van der Waals surface area contributed by atoms with Crippen LogP contribution in [0.2, 0.25) is 0 Å². The van der Waals surface area contributed by atoms with E-state index in [0.29, 0.717) is 0 Å². The van der Waals surface area contributed by atoms with Crippen molar-refractivity contribution in [3.8, 4) is 0 Å². The highest BCUT2D eigenvalue weighted by atomic mass is 35.5. The lowest BCUT2D eigenvalue weighted by molar-refractivity contribution is 0.0628. The van der Waals surface area contributed by atoms with E-state index in [2.05, 4.69) is 46.2 Å². The SMILES string of the molecule is CN(C)Cc1ccc(C(=O)N2CCN(Cc3ccccc3)CC2)cc1.Cl.Cl. The van der Waals surface area contributed by atoms with Crippen LogP contribution in [0.15, 0.2) is 54.6 Å². The van der Waals surface area contributed by atoms with Crippen LogP contribution in [0.25, 0.3) is 0 Å². The number of hydrogen-bond acceptors (Lipinski definition) is 3. The van der Waals surface area contributed by atoms with Gasteiger partial charge in [0.05, 0.1) is 0 Å². The predicted molar refractivity (Wildman–Crippen MR) is 116 cm³/mol. The molecule has 1 heterocycles. The number of nitrogens with zero attached hydrogens (tertiary/aromatic N) is 3. The van der Waals surface area contributed by atoms with Crippen molar-refractivity contribution in [2.24, 2.45) is 0 Å². The van der Waals surface area contributed by atoms with Crippen molar-refractivity contribution in [1.29, 1.82) is 0 Å². The van der Waals surface area contributed by atoms with Crippen molar-refractivity contribution in [2.45, 2.75) is 13.1 Å². The number of rotatable bonds is 5. The number of piperazine rings is 1. The summed E-state index contributed by atoms with van der Waals surface area (Å²) in [6, 6.07) is 18.5. The Morgan fingerprint density at radius 1 is 0.852 bits per heavy atom. The standard InChI is InChI=1S/C21H27N3O.2ClH/c1-22(2)16-19-8-10-20(11-9-19)21(25)24-14-12-23(13-15-24)17-18-6-4-3-5-7-18;;/h3-11H,12-17H2,1-2H3;2*1H. The van der Waals surface area contributed by atoms with E-state index in [0.717, 1.165) is 44.8 Å². The molecule has 0 N–H and O–H groups in total. The van der Waals surface area contributed by atoms with Crippen LogP contribution in [0.3, 0.4) is 0 Å². The van der Waals surface area contributed by atoms with Crippen LogP contribution >= 0.6 is 24.8 Å². The van der Waals surface area contributed by atoms with Gasteiger partial charge in [0.15, 0.2) is 0 Å². The van der Waals surface area contributed by atoms with E-state index in [1.165, 1.54) is 11.1 Å². The van der Waals surface area contributed by atoms with Crippen molar-refractivity contribution in [2.75, 3.05) is 40.3 Å². The van der Waals surface area contributed by atoms with Gasteiger partial charge in [0, 0.05) is 44.8 Å². The molecule has 27 heavy (non-hydrogen) atoms. The monoisotopic (exact) mass is 409 g/mol. The minimum absolute atomic E-state index is 0. The van der Waals surface area contributed by atoms with Gasteiger partial charge < -0.3 is 9.80 Å². The molecule has 1 aliphatic heterocycles. The average molecular weight is 410 g/mol. The fourth-order valence-electron chi connectivity index (χ4n) is 3.25. The van der Waals surface area contributed by atoms with Gasteiger partial charge >= 0.3 is 0 Å². The number of halogens is 2. The zero-order valence-corrected chi connectivity index (χ0v) is 17.6. The Morgan fingerprint density at radius 2 is 1.44 bits per heavy atom. The topological polar surface area (TPSA) is 26.8 Å². The Bertz CT molecular complexity index is 684. The van der Waals surface area contributed by atoms with Gasteiger partial charge in [0.25, 0.3) is 5.91 Å². The Balaban J connectivity index is 0.00000182. The molecule has 1 saturated heterocycles. The van der Waals surface area contributed by atoms with Crippen molar-refractivity contribution in [3.63, 3.8) is 0 Å². The summed E-state index contributed by atoms with van der Waals surface area (Å²) in [7, 11) is 4.10. The number of amides is 1. The second-order valence-corrected chi connectivity index (χ2v) is 6.99. The third kappa shape index (κ3) is 6.82. The van der Waals surface area contributed by atoms with Crippen LogP contribution in [0.5, 0.6) is 0 Å². The van der Waals surface area contributed by atoms with E-state index in [9.17, 15) is 4.79 Å². The molecule has 1 fully saturated rings. The van der Waals surface area contributed by atoms with E-state index in [4.69, 9.17) is 0 Å². The summed E-state index contributed by atoms with van der Waals surface area (Å²) in [4.78, 5) is 19.2. The van der Waals surface area contributed by atoms with Gasteiger partial charge in [-0.15, -0.1) is 24.8 Å². The van der Waals surface area contributed by atoms with E-state index in [1.54, 1.807) is 0 Å². The summed E-state index contributed by atoms with van der Waals surface area (Å²) in [6.07, 6.45) is 0. The van der Waals surface area contributed by atoms with Gasteiger partial charge in [-0.25, -0.2) is 0 Å². The summed E-state index contributed by atoms with van der Waals surface area (Å²) in [6.45, 7) is 5.31. The van der Waals surface area contributed by atoms with Crippen molar-refractivity contribution >= 4 is 30.7 Å². The van der Waals surface area contributed by atoms with E-state index in [-0.39, 0.29) is 30.7 Å². The molecule has 1 aliphatic rings. The highest BCUT2D eigenvalue weighted by Gasteiger charge is 2.22. The average Bonchev–Trinajstić information content (AvgIpc) is 2.63. The molecule has 0 unspecified atom stereocenters. The first-order valence-corrected chi connectivity index (χ1v) is 8.91. The van der Waals surface area contributed by atoms with Crippen LogP contribution < -0.4 is 0 Å². The van der Waals surface area contributed by atoms with Crippen LogP contribution in [0, 0.1) is 0 Å². The minimum Gasteiger partial charge on any atom is -0.336 e. The molecule has 0 aromatic heterocycles. The first kappa shape index (κ1) is 23.4. The van der Waals surface area contributed by atoms with Crippen LogP contribution in [-0.4, -0.2) is 60.9 Å². The molecule has 3 rings (SSSR count). The molecule has 0 radical (unpaired) electrons. The maximum Gasteiger partial charge on any atom is 0.253 e. The predicted octanol–water partition coefficient (Wildman–Crippen LogP) is 3.55. The Hall–Kier alpha value is -1.59. The van der Waals surface area contributed by atoms with Gasteiger partial charge in [-0.1, -0.05) is 42.5 Å². The summed E-state index contributed by atoms with van der Waals surface area (Å²) in [5, 5.41) is 0. The molecular weight excluding hydrogens is 381 g/mol. The molecule has 0 bridgehead atoms. The summed E-state index contributed by atoms with van der Waals surface area (Å²) >= 11 is 0. The Morgan fingerprint density at radius 3 is 2.00 bits per heavy atom. The first-order valence-electron chi connectivity index (χ1n) is 8.91. The molecule has 2 aromatic carbocycles. The zero-order chi connectivity index (χ0) is 17.6. The van der Waals surface area contributed by atoms with E-state index < -0.39 is 0 Å². The maximum absolute atomic E-state index is 12.7. The molecule has 0 atom stereocenters. The third-order valence-corrected chi connectivity index (χ3v) is 4.61. The van der Waals surface area contributed by atoms with E-state index >= 15 is 0 Å². The van der Waals surface area contributed by atoms with Crippen molar-refractivity contribution in [3.05, 3.63) is 71.3 Å². The molecular formula is C21H29Cl2N3O. The summed E-state index contributed by atoms with van der Waals surface area (Å²) in [5.41, 5.74) is 3.35. The lowest BCUT2D eigenvalue weighted by atomic mass is 10.1. The maximum atomic E-state index is 12.7. The van der Waals surface area contributed by atoms with Gasteiger partial charge in [-0.3, -0.25) is 9.69 Å². The highest BCUT2D eigenvalue weighted by molar-refractivity contribution is 5.94. The Labute approximate surface area is 175 Å². The lowest BCUT2D eigenvalue weighted by Gasteiger charge is -2.34. The molecule has 148 valence electrons. The fraction of sp³-hybridized carbons (Fsp3) is 0.381. The molecule has 6 heteroatoms. The molecule has 0 saturated carbocycles. The number of hydrogen-bond donors (Lipinski definition) is 0. The normalized spacial score (nSPS) is 14.4. The van der Waals surface area contributed by atoms with Crippen LogP contribution in [0.4, 0.5) is 0 Å². The van der Waals surface area contributed by atoms with Crippen molar-refractivity contribution in [1.82, 2.24) is 14.7 Å². The third-order valence-electron chi connectivity index (χ3n) is 4.61. The largest absolute Gasteiger partial charge is 0.336 e. The van der Waals surface area contributed by atoms with Gasteiger partial charge in [-0.05, 0) is 37.4 Å². The lowest BCUT2D eigenvalue weighted by Crippen LogP contribution is -2.48. The molecule has 2 aromatic rings. The van der Waals surface area contributed by atoms with Crippen molar-refractivity contribution < 1.29 is 4.79 Å². The smallest absolute Gasteiger partial charge is 0.253 e. The van der Waals surface area contributed by atoms with E-state index in [1.807, 2.05) is 37.2 Å². The van der Waals surface area contributed by atoms with Gasteiger partial charge in [0.1, 0.15) is 0 Å². The minimum atomic E-state index is 0. The summed E-state index contributed by atoms with van der Waals surface area (Å²) in [5.74, 6) is 0.149. The summed E-state index contributed by atoms with van der Waals surface area (Å²) < 4.78 is 0. The van der Waals surface area contributed by atoms with Gasteiger partial charge in [-0.2, -0.15) is 0 Å². The fourth-order valence-corrected chi connectivity index (χ4v) is 3.25. The quantitative estimate of drug-likeness (QED) is 0.755. The molecule has 0 aliphatic carbocycles. The second-order valence-electron chi connectivity index (χ2n) is 6.99. The Kier molecular flexibility index (Phi) is 9.81. The number of carbonyl (C=O) groups excluding carboxylic acids is 1. The van der Waals surface area contributed by atoms with Crippen LogP contribution in [-0.2, 0) is 13.1 Å². The molecule has 1 amide bonds. The second kappa shape index (κ2) is 11.3. The molecule has 4 nitrogen and oxygen atoms in total. The molecule has 0 spiro atoms. The number of carbonyl (C=O) groups is 1. The van der Waals surface area contributed by atoms with Gasteiger partial charge in [0.2, 0.25) is 0 Å². The number of benzene rings is 2. The van der Waals surface area contributed by atoms with Crippen LogP contribution in [0.1, 0.15) is 21.5 Å². The zero-order valence-electron chi connectivity index (χ0n) is 16.0. The first-order chi connectivity index (χ1) is 12.1.